The molecule has 0 radical (unpaired) electrons. The van der Waals surface area contributed by atoms with Crippen molar-refractivity contribution in [2.45, 2.75) is 42.7 Å². The Balaban J connectivity index is 1.34. The van der Waals surface area contributed by atoms with Crippen molar-refractivity contribution in [2.75, 3.05) is 20.2 Å². The molecule has 9 nitrogen and oxygen atoms in total. The van der Waals surface area contributed by atoms with Crippen LogP contribution in [0.3, 0.4) is 0 Å². The smallest absolute Gasteiger partial charge is 0.326 e. The van der Waals surface area contributed by atoms with Crippen LogP contribution in [0, 0.1) is 0 Å². The Hall–Kier alpha value is -3.11. The summed E-state index contributed by atoms with van der Waals surface area (Å²) in [5, 5.41) is 0. The molecule has 10 heteroatoms. The first-order valence-electron chi connectivity index (χ1n) is 11.1. The summed E-state index contributed by atoms with van der Waals surface area (Å²) in [4.78, 5) is 30.3. The fourth-order valence-corrected chi connectivity index (χ4v) is 5.95. The minimum atomic E-state index is -3.78. The summed E-state index contributed by atoms with van der Waals surface area (Å²) in [5.74, 6) is -0.0256. The van der Waals surface area contributed by atoms with E-state index in [1.165, 1.54) is 19.2 Å². The minimum Gasteiger partial charge on any atom is -0.495 e. The second kappa shape index (κ2) is 8.35. The number of sulfonamides is 1. The van der Waals surface area contributed by atoms with Crippen LogP contribution in [0.1, 0.15) is 42.1 Å². The summed E-state index contributed by atoms with van der Waals surface area (Å²) in [6.45, 7) is 0.952. The molecule has 2 heterocycles. The molecular formula is C23H26N4O5S. The molecule has 1 amide bonds. The number of fused-ring (bicyclic) bond motifs is 1. The normalized spacial score (nSPS) is 17.4. The standard InChI is InChI=1S/C23H26N4O5S/c1-32-20-9-6-15(14-21(20)33(30,31)25-16-7-8-16)22(28)26-12-10-17(11-13-26)27-19-5-3-2-4-18(19)24-23(27)29/h2-6,9,14,16-17,25H,7-8,10-13H2,1H3,(H,24,29). The first-order chi connectivity index (χ1) is 15.9. The summed E-state index contributed by atoms with van der Waals surface area (Å²) in [7, 11) is -2.37. The molecule has 174 valence electrons. The van der Waals surface area contributed by atoms with Crippen molar-refractivity contribution in [3.8, 4) is 5.75 Å². The zero-order valence-electron chi connectivity index (χ0n) is 18.3. The summed E-state index contributed by atoms with van der Waals surface area (Å²) >= 11 is 0. The van der Waals surface area contributed by atoms with Crippen molar-refractivity contribution in [3.05, 3.63) is 58.5 Å². The monoisotopic (exact) mass is 470 g/mol. The van der Waals surface area contributed by atoms with Gasteiger partial charge in [-0.15, -0.1) is 0 Å². The number of para-hydroxylation sites is 2. The summed E-state index contributed by atoms with van der Waals surface area (Å²) in [6.07, 6.45) is 2.90. The number of carbonyl (C=O) groups is 1. The molecule has 0 atom stereocenters. The molecule has 1 saturated heterocycles. The van der Waals surface area contributed by atoms with Crippen LogP contribution in [-0.4, -0.2) is 55.0 Å². The highest BCUT2D eigenvalue weighted by Crippen LogP contribution is 2.30. The number of hydrogen-bond donors (Lipinski definition) is 2. The zero-order valence-corrected chi connectivity index (χ0v) is 19.1. The van der Waals surface area contributed by atoms with E-state index in [1.54, 1.807) is 15.5 Å². The van der Waals surface area contributed by atoms with Gasteiger partial charge in [-0.2, -0.15) is 0 Å². The van der Waals surface area contributed by atoms with Crippen LogP contribution in [0.4, 0.5) is 0 Å². The molecule has 33 heavy (non-hydrogen) atoms. The predicted octanol–water partition coefficient (Wildman–Crippen LogP) is 2.26. The molecular weight excluding hydrogens is 444 g/mol. The number of nitrogens with zero attached hydrogens (tertiary/aromatic N) is 2. The molecule has 2 fully saturated rings. The van der Waals surface area contributed by atoms with Crippen molar-refractivity contribution < 1.29 is 17.9 Å². The molecule has 1 aromatic heterocycles. The van der Waals surface area contributed by atoms with E-state index in [0.29, 0.717) is 31.5 Å². The quantitative estimate of drug-likeness (QED) is 0.574. The molecule has 1 aliphatic heterocycles. The van der Waals surface area contributed by atoms with Crippen LogP contribution in [-0.2, 0) is 10.0 Å². The lowest BCUT2D eigenvalue weighted by atomic mass is 10.0. The number of amides is 1. The van der Waals surface area contributed by atoms with Gasteiger partial charge in [0, 0.05) is 30.7 Å². The van der Waals surface area contributed by atoms with E-state index in [-0.39, 0.29) is 34.3 Å². The number of aromatic amines is 1. The number of nitrogens with one attached hydrogen (secondary N) is 2. The highest BCUT2D eigenvalue weighted by Gasteiger charge is 2.31. The van der Waals surface area contributed by atoms with Gasteiger partial charge in [0.25, 0.3) is 5.91 Å². The summed E-state index contributed by atoms with van der Waals surface area (Å²) in [5.41, 5.74) is 1.82. The van der Waals surface area contributed by atoms with Gasteiger partial charge in [-0.3, -0.25) is 9.36 Å². The number of benzene rings is 2. The largest absolute Gasteiger partial charge is 0.495 e. The lowest BCUT2D eigenvalue weighted by Gasteiger charge is -2.32. The summed E-state index contributed by atoms with van der Waals surface area (Å²) in [6, 6.07) is 12.0. The molecule has 2 aliphatic rings. The molecule has 5 rings (SSSR count). The Morgan fingerprint density at radius 2 is 1.82 bits per heavy atom. The number of imidazole rings is 1. The highest BCUT2D eigenvalue weighted by molar-refractivity contribution is 7.89. The number of rotatable bonds is 6. The van der Waals surface area contributed by atoms with Crippen molar-refractivity contribution in [2.24, 2.45) is 0 Å². The highest BCUT2D eigenvalue weighted by atomic mass is 32.2. The van der Waals surface area contributed by atoms with E-state index in [9.17, 15) is 18.0 Å². The Morgan fingerprint density at radius 1 is 1.09 bits per heavy atom. The topological polar surface area (TPSA) is 114 Å². The molecule has 0 unspecified atom stereocenters. The first kappa shape index (κ1) is 21.7. The maximum Gasteiger partial charge on any atom is 0.326 e. The van der Waals surface area contributed by atoms with Gasteiger partial charge in [-0.25, -0.2) is 17.9 Å². The SMILES string of the molecule is COc1ccc(C(=O)N2CCC(n3c(=O)[nH]c4ccccc43)CC2)cc1S(=O)(=O)NC1CC1. The fourth-order valence-electron chi connectivity index (χ4n) is 4.45. The van der Waals surface area contributed by atoms with E-state index >= 15 is 0 Å². The van der Waals surface area contributed by atoms with Gasteiger partial charge in [-0.05, 0) is 56.0 Å². The third-order valence-electron chi connectivity index (χ3n) is 6.34. The second-order valence-electron chi connectivity index (χ2n) is 8.60. The van der Waals surface area contributed by atoms with Crippen LogP contribution in [0.25, 0.3) is 11.0 Å². The predicted molar refractivity (Wildman–Crippen MR) is 123 cm³/mol. The van der Waals surface area contributed by atoms with Crippen LogP contribution in [0.5, 0.6) is 5.75 Å². The van der Waals surface area contributed by atoms with Crippen molar-refractivity contribution in [1.29, 1.82) is 0 Å². The van der Waals surface area contributed by atoms with Crippen molar-refractivity contribution in [1.82, 2.24) is 19.2 Å². The molecule has 0 bridgehead atoms. The van der Waals surface area contributed by atoms with E-state index in [2.05, 4.69) is 9.71 Å². The second-order valence-corrected chi connectivity index (χ2v) is 10.3. The minimum absolute atomic E-state index is 0.00718. The number of carbonyl (C=O) groups excluding carboxylic acids is 1. The van der Waals surface area contributed by atoms with Gasteiger partial charge in [0.05, 0.1) is 18.1 Å². The molecule has 1 aliphatic carbocycles. The maximum atomic E-state index is 13.2. The fraction of sp³-hybridized carbons (Fsp3) is 0.391. The zero-order chi connectivity index (χ0) is 23.2. The number of aromatic nitrogens is 2. The van der Waals surface area contributed by atoms with Crippen LogP contribution < -0.4 is 15.1 Å². The number of hydrogen-bond acceptors (Lipinski definition) is 5. The van der Waals surface area contributed by atoms with Crippen molar-refractivity contribution >= 4 is 27.0 Å². The number of H-pyrrole nitrogens is 1. The Kier molecular flexibility index (Phi) is 5.49. The number of methoxy groups -OCH3 is 1. The van der Waals surface area contributed by atoms with Gasteiger partial charge < -0.3 is 14.6 Å². The van der Waals surface area contributed by atoms with E-state index in [4.69, 9.17) is 4.74 Å². The maximum absolute atomic E-state index is 13.2. The van der Waals surface area contributed by atoms with Gasteiger partial charge in [0.15, 0.2) is 0 Å². The molecule has 2 aromatic carbocycles. The van der Waals surface area contributed by atoms with Crippen LogP contribution >= 0.6 is 0 Å². The molecule has 1 saturated carbocycles. The van der Waals surface area contributed by atoms with Crippen LogP contribution in [0.2, 0.25) is 0 Å². The Morgan fingerprint density at radius 3 is 2.52 bits per heavy atom. The van der Waals surface area contributed by atoms with E-state index in [0.717, 1.165) is 23.9 Å². The average molecular weight is 471 g/mol. The Labute approximate surface area is 191 Å². The van der Waals surface area contributed by atoms with Gasteiger partial charge in [-0.1, -0.05) is 12.1 Å². The third kappa shape index (κ3) is 4.16. The van der Waals surface area contributed by atoms with Gasteiger partial charge in [0.1, 0.15) is 10.6 Å². The van der Waals surface area contributed by atoms with Crippen molar-refractivity contribution in [3.63, 3.8) is 0 Å². The van der Waals surface area contributed by atoms with E-state index < -0.39 is 10.0 Å². The first-order valence-corrected chi connectivity index (χ1v) is 12.5. The lowest BCUT2D eigenvalue weighted by molar-refractivity contribution is 0.0694. The number of likely N-dealkylation sites (tertiary alicyclic amines) is 1. The number of ether oxygens (including phenoxy) is 1. The molecule has 0 spiro atoms. The van der Waals surface area contributed by atoms with Crippen LogP contribution in [0.15, 0.2) is 52.2 Å². The Bertz CT molecular complexity index is 1360. The van der Waals surface area contributed by atoms with Gasteiger partial charge >= 0.3 is 5.69 Å². The molecule has 3 aromatic rings. The number of piperidine rings is 1. The molecule has 2 N–H and O–H groups in total. The third-order valence-corrected chi connectivity index (χ3v) is 7.88. The van der Waals surface area contributed by atoms with Gasteiger partial charge in [0.2, 0.25) is 10.0 Å². The lowest BCUT2D eigenvalue weighted by Crippen LogP contribution is -2.40. The summed E-state index contributed by atoms with van der Waals surface area (Å²) < 4.78 is 35.2. The van der Waals surface area contributed by atoms with E-state index in [1.807, 2.05) is 24.3 Å². The average Bonchev–Trinajstić information content (AvgIpc) is 3.56.